The summed E-state index contributed by atoms with van der Waals surface area (Å²) in [7, 11) is 0. The molecule has 1 aliphatic rings. The van der Waals surface area contributed by atoms with E-state index in [1.165, 1.54) is 6.07 Å². The molecule has 1 N–H and O–H groups in total. The van der Waals surface area contributed by atoms with Crippen LogP contribution in [0.1, 0.15) is 23.7 Å². The van der Waals surface area contributed by atoms with Gasteiger partial charge in [-0.1, -0.05) is 42.3 Å². The van der Waals surface area contributed by atoms with E-state index in [4.69, 9.17) is 27.9 Å². The number of carbonyl (C=O) groups is 3. The van der Waals surface area contributed by atoms with Gasteiger partial charge in [0.25, 0.3) is 11.8 Å². The first kappa shape index (κ1) is 19.9. The number of imide groups is 1. The highest BCUT2D eigenvalue weighted by Crippen LogP contribution is 2.31. The summed E-state index contributed by atoms with van der Waals surface area (Å²) in [5.41, 5.74) is 0.911. The highest BCUT2D eigenvalue weighted by molar-refractivity contribution is 6.53. The van der Waals surface area contributed by atoms with Crippen LogP contribution in [0.25, 0.3) is 0 Å². The van der Waals surface area contributed by atoms with E-state index in [1.807, 2.05) is 6.92 Å². The summed E-state index contributed by atoms with van der Waals surface area (Å²) >= 11 is 12.1. The second-order valence-corrected chi connectivity index (χ2v) is 6.77. The monoisotopic (exact) mass is 418 g/mol. The zero-order valence-corrected chi connectivity index (χ0v) is 16.4. The summed E-state index contributed by atoms with van der Waals surface area (Å²) in [6, 6.07) is 12.7. The molecule has 0 saturated carbocycles. The van der Waals surface area contributed by atoms with Crippen molar-refractivity contribution in [1.82, 2.24) is 0 Å². The zero-order valence-electron chi connectivity index (χ0n) is 14.9. The largest absolute Gasteiger partial charge is 0.462 e. The molecule has 0 aromatic heterocycles. The Labute approximate surface area is 171 Å². The van der Waals surface area contributed by atoms with Gasteiger partial charge in [0.1, 0.15) is 10.7 Å². The maximum atomic E-state index is 12.8. The molecule has 0 aliphatic carbocycles. The van der Waals surface area contributed by atoms with Crippen molar-refractivity contribution in [3.63, 3.8) is 0 Å². The van der Waals surface area contributed by atoms with Crippen molar-refractivity contribution in [2.75, 3.05) is 16.8 Å². The molecule has 0 spiro atoms. The fourth-order valence-electron chi connectivity index (χ4n) is 2.61. The first-order valence-electron chi connectivity index (χ1n) is 8.50. The highest BCUT2D eigenvalue weighted by atomic mass is 35.5. The maximum Gasteiger partial charge on any atom is 0.338 e. The van der Waals surface area contributed by atoms with Gasteiger partial charge >= 0.3 is 5.97 Å². The number of nitrogens with one attached hydrogen (secondary N) is 1. The van der Waals surface area contributed by atoms with Crippen molar-refractivity contribution in [1.29, 1.82) is 0 Å². The first-order chi connectivity index (χ1) is 13.4. The number of esters is 1. The van der Waals surface area contributed by atoms with Gasteiger partial charge in [0, 0.05) is 10.7 Å². The highest BCUT2D eigenvalue weighted by Gasteiger charge is 2.39. The Morgan fingerprint density at radius 1 is 1.07 bits per heavy atom. The van der Waals surface area contributed by atoms with Crippen molar-refractivity contribution < 1.29 is 19.1 Å². The average Bonchev–Trinajstić information content (AvgIpc) is 2.89. The number of carbonyl (C=O) groups excluding carboxylic acids is 3. The minimum Gasteiger partial charge on any atom is -0.462 e. The maximum absolute atomic E-state index is 12.8. The van der Waals surface area contributed by atoms with Gasteiger partial charge in [-0.2, -0.15) is 0 Å². The molecule has 8 heteroatoms. The third-order valence-electron chi connectivity index (χ3n) is 3.90. The lowest BCUT2D eigenvalue weighted by Gasteiger charge is -2.16. The number of rotatable bonds is 6. The molecular formula is C20H16Cl2N2O4. The van der Waals surface area contributed by atoms with Crippen LogP contribution in [-0.4, -0.2) is 24.4 Å². The fraction of sp³-hybridized carbons (Fsp3) is 0.150. The third-order valence-corrected chi connectivity index (χ3v) is 4.48. The van der Waals surface area contributed by atoms with E-state index in [0.29, 0.717) is 17.1 Å². The molecule has 28 heavy (non-hydrogen) atoms. The minimum atomic E-state index is -0.685. The van der Waals surface area contributed by atoms with Gasteiger partial charge in [0.05, 0.1) is 17.9 Å². The lowest BCUT2D eigenvalue weighted by Crippen LogP contribution is -2.32. The molecule has 2 aromatic carbocycles. The Bertz CT molecular complexity index is 988. The fourth-order valence-corrected chi connectivity index (χ4v) is 3.01. The summed E-state index contributed by atoms with van der Waals surface area (Å²) in [5.74, 6) is -1.84. The predicted molar refractivity (Wildman–Crippen MR) is 107 cm³/mol. The Hall–Kier alpha value is -2.83. The molecule has 1 heterocycles. The number of halogens is 2. The van der Waals surface area contributed by atoms with E-state index in [0.717, 1.165) is 4.90 Å². The Kier molecular flexibility index (Phi) is 6.02. The Morgan fingerprint density at radius 3 is 2.54 bits per heavy atom. The molecule has 2 amide bonds. The topological polar surface area (TPSA) is 75.7 Å². The van der Waals surface area contributed by atoms with Crippen LogP contribution >= 0.6 is 23.2 Å². The van der Waals surface area contributed by atoms with Crippen LogP contribution in [0.5, 0.6) is 0 Å². The van der Waals surface area contributed by atoms with Crippen molar-refractivity contribution >= 4 is 52.4 Å². The standard InChI is InChI=1S/C20H16Cl2N2O4/c1-2-9-28-20(27)12-5-3-8-15(10-12)24-18(25)16(22)17(19(24)26)23-14-7-4-6-13(21)11-14/h3-8,10-11,23H,2,9H2,1H3. The first-order valence-corrected chi connectivity index (χ1v) is 9.26. The van der Waals surface area contributed by atoms with Crippen molar-refractivity contribution in [3.05, 3.63) is 69.8 Å². The molecule has 0 saturated heterocycles. The van der Waals surface area contributed by atoms with Gasteiger partial charge in [-0.3, -0.25) is 9.59 Å². The van der Waals surface area contributed by atoms with Crippen LogP contribution in [0.15, 0.2) is 59.3 Å². The molecule has 1 aliphatic heterocycles. The molecule has 0 radical (unpaired) electrons. The van der Waals surface area contributed by atoms with Gasteiger partial charge in [0.15, 0.2) is 0 Å². The van der Waals surface area contributed by atoms with E-state index in [-0.39, 0.29) is 28.6 Å². The summed E-state index contributed by atoms with van der Waals surface area (Å²) in [4.78, 5) is 38.4. The lowest BCUT2D eigenvalue weighted by molar-refractivity contribution is -0.120. The molecule has 0 fully saturated rings. The van der Waals surface area contributed by atoms with Crippen molar-refractivity contribution in [2.24, 2.45) is 0 Å². The SMILES string of the molecule is CCCOC(=O)c1cccc(N2C(=O)C(Cl)=C(Nc3cccc(Cl)c3)C2=O)c1. The molecule has 6 nitrogen and oxygen atoms in total. The number of ether oxygens (including phenoxy) is 1. The molecule has 0 atom stereocenters. The number of benzene rings is 2. The Morgan fingerprint density at radius 2 is 1.82 bits per heavy atom. The molecule has 0 bridgehead atoms. The third kappa shape index (κ3) is 4.03. The average molecular weight is 419 g/mol. The van der Waals surface area contributed by atoms with Gasteiger partial charge in [-0.15, -0.1) is 0 Å². The van der Waals surface area contributed by atoms with Crippen LogP contribution in [-0.2, 0) is 14.3 Å². The van der Waals surface area contributed by atoms with Crippen LogP contribution in [0, 0.1) is 0 Å². The smallest absolute Gasteiger partial charge is 0.338 e. The number of amides is 2. The predicted octanol–water partition coefficient (Wildman–Crippen LogP) is 4.34. The van der Waals surface area contributed by atoms with E-state index in [2.05, 4.69) is 5.32 Å². The van der Waals surface area contributed by atoms with E-state index in [1.54, 1.807) is 42.5 Å². The normalized spacial score (nSPS) is 13.9. The molecule has 2 aromatic rings. The summed E-state index contributed by atoms with van der Waals surface area (Å²) < 4.78 is 5.09. The summed E-state index contributed by atoms with van der Waals surface area (Å²) in [5, 5.41) is 3.06. The number of anilines is 2. The van der Waals surface area contributed by atoms with E-state index in [9.17, 15) is 14.4 Å². The number of nitrogens with zero attached hydrogens (tertiary/aromatic N) is 1. The second kappa shape index (κ2) is 8.46. The minimum absolute atomic E-state index is 0.0621. The second-order valence-electron chi connectivity index (χ2n) is 5.96. The van der Waals surface area contributed by atoms with Crippen molar-refractivity contribution in [2.45, 2.75) is 13.3 Å². The zero-order chi connectivity index (χ0) is 20.3. The summed E-state index contributed by atoms with van der Waals surface area (Å²) in [6.07, 6.45) is 0.687. The molecule has 0 unspecified atom stereocenters. The van der Waals surface area contributed by atoms with E-state index >= 15 is 0 Å². The quantitative estimate of drug-likeness (QED) is 0.557. The van der Waals surface area contributed by atoms with Gasteiger partial charge in [-0.05, 0) is 42.8 Å². The molecular weight excluding hydrogens is 403 g/mol. The van der Waals surface area contributed by atoms with Gasteiger partial charge in [0.2, 0.25) is 0 Å². The molecule has 144 valence electrons. The van der Waals surface area contributed by atoms with E-state index < -0.39 is 17.8 Å². The Balaban J connectivity index is 1.86. The van der Waals surface area contributed by atoms with Crippen LogP contribution in [0.3, 0.4) is 0 Å². The van der Waals surface area contributed by atoms with Crippen LogP contribution in [0.2, 0.25) is 5.02 Å². The number of hydrogen-bond donors (Lipinski definition) is 1. The van der Waals surface area contributed by atoms with Gasteiger partial charge in [-0.25, -0.2) is 9.69 Å². The van der Waals surface area contributed by atoms with Crippen molar-refractivity contribution in [3.8, 4) is 0 Å². The van der Waals surface area contributed by atoms with Crippen LogP contribution < -0.4 is 10.2 Å². The van der Waals surface area contributed by atoms with Crippen LogP contribution in [0.4, 0.5) is 11.4 Å². The lowest BCUT2D eigenvalue weighted by atomic mass is 10.2. The number of hydrogen-bond acceptors (Lipinski definition) is 5. The summed E-state index contributed by atoms with van der Waals surface area (Å²) in [6.45, 7) is 2.17. The van der Waals surface area contributed by atoms with Gasteiger partial charge < -0.3 is 10.1 Å². The molecule has 3 rings (SSSR count).